The van der Waals surface area contributed by atoms with Gasteiger partial charge >= 0.3 is 0 Å². The van der Waals surface area contributed by atoms with Gasteiger partial charge in [-0.05, 0) is 44.9 Å². The van der Waals surface area contributed by atoms with Crippen molar-refractivity contribution in [1.82, 2.24) is 0 Å². The van der Waals surface area contributed by atoms with E-state index in [-0.39, 0.29) is 5.41 Å². The Morgan fingerprint density at radius 3 is 1.48 bits per heavy atom. The predicted octanol–water partition coefficient (Wildman–Crippen LogP) is 7.52. The molecule has 0 heterocycles. The van der Waals surface area contributed by atoms with E-state index in [0.29, 0.717) is 12.2 Å². The van der Waals surface area contributed by atoms with Crippen molar-refractivity contribution in [3.05, 3.63) is 60.8 Å². The average Bonchev–Trinajstić information content (AvgIpc) is 2.56. The Morgan fingerprint density at radius 2 is 1.08 bits per heavy atom. The Labute approximate surface area is 156 Å². The molecule has 0 saturated carbocycles. The maximum atomic E-state index is 11.8. The van der Waals surface area contributed by atoms with Crippen molar-refractivity contribution in [2.75, 3.05) is 0 Å². The fourth-order valence-electron chi connectivity index (χ4n) is 2.12. The summed E-state index contributed by atoms with van der Waals surface area (Å²) in [6.07, 6.45) is 29.8. The lowest BCUT2D eigenvalue weighted by Crippen LogP contribution is -2.19. The van der Waals surface area contributed by atoms with Crippen LogP contribution in [-0.4, -0.2) is 5.78 Å². The van der Waals surface area contributed by atoms with Gasteiger partial charge in [-0.3, -0.25) is 4.79 Å². The van der Waals surface area contributed by atoms with E-state index in [0.717, 1.165) is 44.9 Å². The Kier molecular flexibility index (Phi) is 14.8. The van der Waals surface area contributed by atoms with Gasteiger partial charge in [0.1, 0.15) is 5.78 Å². The van der Waals surface area contributed by atoms with Gasteiger partial charge in [-0.2, -0.15) is 0 Å². The van der Waals surface area contributed by atoms with Gasteiger partial charge in [0.25, 0.3) is 0 Å². The van der Waals surface area contributed by atoms with Crippen LogP contribution in [-0.2, 0) is 4.79 Å². The van der Waals surface area contributed by atoms with Crippen LogP contribution in [0.2, 0.25) is 0 Å². The lowest BCUT2D eigenvalue weighted by Gasteiger charge is -2.15. The molecule has 0 aromatic rings. The third-order valence-electron chi connectivity index (χ3n) is 3.77. The molecular weight excluding hydrogens is 304 g/mol. The van der Waals surface area contributed by atoms with Crippen LogP contribution in [0.5, 0.6) is 0 Å². The minimum Gasteiger partial charge on any atom is -0.299 e. The quantitative estimate of drug-likeness (QED) is 0.250. The summed E-state index contributed by atoms with van der Waals surface area (Å²) < 4.78 is 0. The first-order valence-electron chi connectivity index (χ1n) is 9.76. The van der Waals surface area contributed by atoms with Gasteiger partial charge in [0, 0.05) is 11.8 Å². The highest BCUT2D eigenvalue weighted by atomic mass is 16.1. The maximum Gasteiger partial charge on any atom is 0.138 e. The molecule has 0 aromatic heterocycles. The molecule has 0 N–H and O–H groups in total. The molecule has 0 amide bonds. The largest absolute Gasteiger partial charge is 0.299 e. The lowest BCUT2D eigenvalue weighted by molar-refractivity contribution is -0.126. The van der Waals surface area contributed by atoms with E-state index in [2.05, 4.69) is 67.7 Å². The number of hydrogen-bond acceptors (Lipinski definition) is 1. The van der Waals surface area contributed by atoms with Crippen LogP contribution in [0.3, 0.4) is 0 Å². The minimum atomic E-state index is -0.193. The Balaban J connectivity index is 3.58. The minimum absolute atomic E-state index is 0.193. The first-order valence-corrected chi connectivity index (χ1v) is 9.76. The first-order chi connectivity index (χ1) is 12.0. The topological polar surface area (TPSA) is 17.1 Å². The molecule has 140 valence electrons. The van der Waals surface area contributed by atoms with Crippen LogP contribution in [0, 0.1) is 5.41 Å². The van der Waals surface area contributed by atoms with E-state index in [9.17, 15) is 4.79 Å². The number of carbonyl (C=O) groups excluding carboxylic acids is 1. The molecule has 0 aliphatic heterocycles. The van der Waals surface area contributed by atoms with Gasteiger partial charge in [-0.15, -0.1) is 0 Å². The van der Waals surface area contributed by atoms with Crippen molar-refractivity contribution in [2.45, 2.75) is 79.1 Å². The summed E-state index contributed by atoms with van der Waals surface area (Å²) in [7, 11) is 0. The molecule has 0 aliphatic carbocycles. The second-order valence-corrected chi connectivity index (χ2v) is 7.27. The van der Waals surface area contributed by atoms with E-state index in [1.807, 2.05) is 20.8 Å². The van der Waals surface area contributed by atoms with Crippen LogP contribution < -0.4 is 0 Å². The van der Waals surface area contributed by atoms with E-state index in [1.165, 1.54) is 0 Å². The van der Waals surface area contributed by atoms with Crippen molar-refractivity contribution in [3.63, 3.8) is 0 Å². The fraction of sp³-hybridized carbons (Fsp3) is 0.542. The highest BCUT2D eigenvalue weighted by Crippen LogP contribution is 2.18. The van der Waals surface area contributed by atoms with Crippen LogP contribution in [0.1, 0.15) is 79.1 Å². The molecule has 0 unspecified atom stereocenters. The van der Waals surface area contributed by atoms with E-state index in [1.54, 1.807) is 0 Å². The summed E-state index contributed by atoms with van der Waals surface area (Å²) in [5.41, 5.74) is -0.193. The van der Waals surface area contributed by atoms with E-state index < -0.39 is 0 Å². The highest BCUT2D eigenvalue weighted by molar-refractivity contribution is 5.83. The summed E-state index contributed by atoms with van der Waals surface area (Å²) in [5, 5.41) is 0. The molecule has 0 aliphatic rings. The van der Waals surface area contributed by atoms with Gasteiger partial charge in [-0.1, -0.05) is 88.5 Å². The Morgan fingerprint density at radius 1 is 0.680 bits per heavy atom. The molecule has 0 rings (SSSR count). The van der Waals surface area contributed by atoms with E-state index >= 15 is 0 Å². The van der Waals surface area contributed by atoms with Gasteiger partial charge < -0.3 is 0 Å². The maximum absolute atomic E-state index is 11.8. The third-order valence-corrected chi connectivity index (χ3v) is 3.77. The van der Waals surface area contributed by atoms with Gasteiger partial charge in [0.15, 0.2) is 0 Å². The highest BCUT2D eigenvalue weighted by Gasteiger charge is 2.19. The second-order valence-electron chi connectivity index (χ2n) is 7.27. The Hall–Kier alpha value is -1.63. The molecule has 0 aromatic carbocycles. The second kappa shape index (κ2) is 15.9. The summed E-state index contributed by atoms with van der Waals surface area (Å²) >= 11 is 0. The third kappa shape index (κ3) is 17.0. The number of Topliss-reactive ketones (excluding diaryl/α,β-unsaturated/α-hetero) is 1. The molecule has 0 saturated heterocycles. The van der Waals surface area contributed by atoms with Gasteiger partial charge in [-0.25, -0.2) is 0 Å². The van der Waals surface area contributed by atoms with Crippen LogP contribution in [0.15, 0.2) is 60.8 Å². The first kappa shape index (κ1) is 23.4. The Bertz CT molecular complexity index is 467. The smallest absolute Gasteiger partial charge is 0.138 e. The van der Waals surface area contributed by atoms with Crippen molar-refractivity contribution in [2.24, 2.45) is 5.41 Å². The normalized spacial score (nSPS) is 13.4. The molecule has 0 bridgehead atoms. The molecular formula is C24H38O. The number of rotatable bonds is 13. The van der Waals surface area contributed by atoms with Crippen molar-refractivity contribution < 1.29 is 4.79 Å². The summed E-state index contributed by atoms with van der Waals surface area (Å²) in [6.45, 7) is 8.13. The van der Waals surface area contributed by atoms with Crippen molar-refractivity contribution in [1.29, 1.82) is 0 Å². The molecule has 1 heteroatoms. The lowest BCUT2D eigenvalue weighted by atomic mass is 9.88. The average molecular weight is 343 g/mol. The summed E-state index contributed by atoms with van der Waals surface area (Å²) in [6, 6.07) is 0. The fourth-order valence-corrected chi connectivity index (χ4v) is 2.12. The molecule has 25 heavy (non-hydrogen) atoms. The molecule has 0 spiro atoms. The monoisotopic (exact) mass is 342 g/mol. The summed E-state index contributed by atoms with van der Waals surface area (Å²) in [4.78, 5) is 11.8. The van der Waals surface area contributed by atoms with Crippen molar-refractivity contribution >= 4 is 5.78 Å². The molecule has 0 fully saturated rings. The number of allylic oxidation sites excluding steroid dienone is 10. The zero-order valence-corrected chi connectivity index (χ0v) is 16.8. The van der Waals surface area contributed by atoms with Crippen molar-refractivity contribution in [3.8, 4) is 0 Å². The SMILES string of the molecule is CC/C=C\C/C=C\C/C=C\C/C=C\C/C=C\CCCC(=O)C(C)(C)C. The zero-order valence-electron chi connectivity index (χ0n) is 16.8. The van der Waals surface area contributed by atoms with Gasteiger partial charge in [0.2, 0.25) is 0 Å². The van der Waals surface area contributed by atoms with Crippen LogP contribution in [0.4, 0.5) is 0 Å². The molecule has 0 radical (unpaired) electrons. The molecule has 0 atom stereocenters. The number of unbranched alkanes of at least 4 members (excludes halogenated alkanes) is 1. The van der Waals surface area contributed by atoms with Crippen LogP contribution in [0.25, 0.3) is 0 Å². The summed E-state index contributed by atoms with van der Waals surface area (Å²) in [5.74, 6) is 0.361. The van der Waals surface area contributed by atoms with Gasteiger partial charge in [0.05, 0.1) is 0 Å². The number of hydrogen-bond donors (Lipinski definition) is 0. The number of carbonyl (C=O) groups is 1. The van der Waals surface area contributed by atoms with Crippen LogP contribution >= 0.6 is 0 Å². The predicted molar refractivity (Wildman–Crippen MR) is 113 cm³/mol. The van der Waals surface area contributed by atoms with E-state index in [4.69, 9.17) is 0 Å². The standard InChI is InChI=1S/C24H38O/c1-5-6-7-8-9-10-11-12-13-14-15-16-17-18-19-20-21-22-23(25)24(2,3)4/h6-7,9-10,12-13,15-16,18-19H,5,8,11,14,17,20-22H2,1-4H3/b7-6-,10-9-,13-12-,16-15-,19-18-. The zero-order chi connectivity index (χ0) is 18.8. The molecule has 1 nitrogen and oxygen atoms in total. The number of ketones is 1.